The largest absolute Gasteiger partial charge is 1.00 e. The Kier molecular flexibility index (Phi) is 914. The Labute approximate surface area is 64.2 Å². The van der Waals surface area contributed by atoms with Crippen LogP contribution >= 0.6 is 0 Å². The normalized spacial score (nSPS) is 0. The van der Waals surface area contributed by atoms with Crippen LogP contribution in [0.3, 0.4) is 0 Å². The molecule has 0 aromatic carbocycles. The van der Waals surface area contributed by atoms with E-state index in [2.05, 4.69) is 0 Å². The molecular weight excluding hydrogens is 122 g/mol. The second-order valence-electron chi connectivity index (χ2n) is 0. The van der Waals surface area contributed by atoms with Crippen molar-refractivity contribution >= 4 is 0 Å². The molecule has 0 aliphatic heterocycles. The molecule has 0 rings (SSSR count). The quantitative estimate of drug-likeness (QED) is 0.314. The van der Waals surface area contributed by atoms with E-state index >= 15 is 0 Å². The molecule has 0 amide bonds. The van der Waals surface area contributed by atoms with E-state index in [0.29, 0.717) is 0 Å². The predicted octanol–water partition coefficient (Wildman–Crippen LogP) is -3.53. The molecule has 0 saturated carbocycles. The Morgan fingerprint density at radius 3 is 0.600 bits per heavy atom. The molecule has 0 aromatic rings. The van der Waals surface area contributed by atoms with Crippen LogP contribution in [0.1, 0.15) is 0 Å². The van der Waals surface area contributed by atoms with Gasteiger partial charge in [-0.15, -0.1) is 0 Å². The van der Waals surface area contributed by atoms with Gasteiger partial charge in [0.05, 0.1) is 0 Å². The first-order chi connectivity index (χ1) is 0. The summed E-state index contributed by atoms with van der Waals surface area (Å²) in [6.07, 6.45) is 0. The molecule has 5 heteroatoms. The van der Waals surface area contributed by atoms with E-state index in [0.717, 1.165) is 0 Å². The van der Waals surface area contributed by atoms with Crippen molar-refractivity contribution in [3.63, 3.8) is 0 Å². The summed E-state index contributed by atoms with van der Waals surface area (Å²) < 4.78 is 0. The Balaban J connectivity index is 0. The van der Waals surface area contributed by atoms with Gasteiger partial charge in [-0.3, -0.25) is 0 Å². The molecule has 0 spiro atoms. The minimum atomic E-state index is 0. The molecule has 5 heavy (non-hydrogen) atoms. The van der Waals surface area contributed by atoms with Crippen LogP contribution in [0.2, 0.25) is 0 Å². The SMILES string of the molecule is [Na+].[OH-].[OH-].[OH-].[V]. The Hall–Kier alpha value is 1.46. The molecule has 0 aromatic heterocycles. The van der Waals surface area contributed by atoms with Gasteiger partial charge in [0.15, 0.2) is 0 Å². The first kappa shape index (κ1) is 90.0. The van der Waals surface area contributed by atoms with Crippen LogP contribution < -0.4 is 29.6 Å². The van der Waals surface area contributed by atoms with E-state index < -0.39 is 0 Å². The van der Waals surface area contributed by atoms with Crippen LogP contribution in [0.5, 0.6) is 0 Å². The maximum atomic E-state index is 0. The van der Waals surface area contributed by atoms with E-state index in [-0.39, 0.29) is 64.5 Å². The maximum Gasteiger partial charge on any atom is 1.00 e. The van der Waals surface area contributed by atoms with Crippen LogP contribution in [-0.4, -0.2) is 16.4 Å². The number of rotatable bonds is 0. The molecule has 0 unspecified atom stereocenters. The third kappa shape index (κ3) is 30.6. The summed E-state index contributed by atoms with van der Waals surface area (Å²) in [6.45, 7) is 0. The molecule has 0 bridgehead atoms. The molecule has 3 nitrogen and oxygen atoms in total. The fourth-order valence-electron chi connectivity index (χ4n) is 0. The molecular formula is H3NaO3V-2. The summed E-state index contributed by atoms with van der Waals surface area (Å²) in [4.78, 5) is 0. The summed E-state index contributed by atoms with van der Waals surface area (Å²) in [5.41, 5.74) is 0. The fourth-order valence-corrected chi connectivity index (χ4v) is 0. The zero-order chi connectivity index (χ0) is 0. The van der Waals surface area contributed by atoms with Gasteiger partial charge in [0.25, 0.3) is 0 Å². The third-order valence-corrected chi connectivity index (χ3v) is 0. The second-order valence-corrected chi connectivity index (χ2v) is 0. The van der Waals surface area contributed by atoms with Gasteiger partial charge >= 0.3 is 29.6 Å². The summed E-state index contributed by atoms with van der Waals surface area (Å²) in [6, 6.07) is 0. The predicted molar refractivity (Wildman–Crippen MR) is 5.81 cm³/mol. The summed E-state index contributed by atoms with van der Waals surface area (Å²) >= 11 is 0. The van der Waals surface area contributed by atoms with Crippen LogP contribution in [-0.2, 0) is 18.6 Å². The van der Waals surface area contributed by atoms with Crippen molar-refractivity contribution in [2.24, 2.45) is 0 Å². The van der Waals surface area contributed by atoms with Crippen molar-refractivity contribution in [3.8, 4) is 0 Å². The Morgan fingerprint density at radius 1 is 0.600 bits per heavy atom. The van der Waals surface area contributed by atoms with E-state index in [1.165, 1.54) is 0 Å². The van der Waals surface area contributed by atoms with Crippen LogP contribution in [0.4, 0.5) is 0 Å². The van der Waals surface area contributed by atoms with Crippen LogP contribution in [0.25, 0.3) is 0 Å². The van der Waals surface area contributed by atoms with Crippen molar-refractivity contribution in [2.75, 3.05) is 0 Å². The minimum absolute atomic E-state index is 0. The van der Waals surface area contributed by atoms with Crippen molar-refractivity contribution in [3.05, 3.63) is 0 Å². The van der Waals surface area contributed by atoms with Gasteiger partial charge in [-0.05, 0) is 0 Å². The molecule has 0 aliphatic rings. The van der Waals surface area contributed by atoms with Gasteiger partial charge in [0.1, 0.15) is 0 Å². The summed E-state index contributed by atoms with van der Waals surface area (Å²) in [5.74, 6) is 0. The first-order valence-electron chi connectivity index (χ1n) is 0. The first-order valence-corrected chi connectivity index (χ1v) is 0. The zero-order valence-electron chi connectivity index (χ0n) is 2.79. The van der Waals surface area contributed by atoms with Gasteiger partial charge in [-0.25, -0.2) is 0 Å². The Bertz CT molecular complexity index is 6.85. The van der Waals surface area contributed by atoms with Gasteiger partial charge in [-0.2, -0.15) is 0 Å². The van der Waals surface area contributed by atoms with E-state index in [9.17, 15) is 0 Å². The van der Waals surface area contributed by atoms with Crippen molar-refractivity contribution < 1.29 is 64.5 Å². The number of hydrogen-bond acceptors (Lipinski definition) is 3. The minimum Gasteiger partial charge on any atom is -0.870 e. The van der Waals surface area contributed by atoms with E-state index in [1.807, 2.05) is 0 Å². The van der Waals surface area contributed by atoms with E-state index in [1.54, 1.807) is 0 Å². The molecule has 3 N–H and O–H groups in total. The number of hydrogen-bond donors (Lipinski definition) is 0. The van der Waals surface area contributed by atoms with Crippen LogP contribution in [0.15, 0.2) is 0 Å². The standard InChI is InChI=1S/Na.3H2O.V/h;3*1H2;/q+1;;;;/p-3. The van der Waals surface area contributed by atoms with Gasteiger partial charge in [0.2, 0.25) is 0 Å². The van der Waals surface area contributed by atoms with Gasteiger partial charge in [0, 0.05) is 18.6 Å². The molecule has 0 aliphatic carbocycles. The molecule has 0 atom stereocenters. The van der Waals surface area contributed by atoms with Crippen molar-refractivity contribution in [1.29, 1.82) is 0 Å². The van der Waals surface area contributed by atoms with Gasteiger partial charge < -0.3 is 16.4 Å². The maximum absolute atomic E-state index is 0. The monoisotopic (exact) mass is 125 g/mol. The average Bonchev–Trinajstić information content (AvgIpc) is 0. The van der Waals surface area contributed by atoms with E-state index in [4.69, 9.17) is 0 Å². The van der Waals surface area contributed by atoms with Crippen LogP contribution in [0, 0.1) is 0 Å². The molecule has 0 fully saturated rings. The molecule has 1 radical (unpaired) electrons. The Morgan fingerprint density at radius 2 is 0.600 bits per heavy atom. The molecule has 29 valence electrons. The smallest absolute Gasteiger partial charge is 0.870 e. The average molecular weight is 125 g/mol. The third-order valence-electron chi connectivity index (χ3n) is 0. The van der Waals surface area contributed by atoms with Gasteiger partial charge in [-0.1, -0.05) is 0 Å². The summed E-state index contributed by atoms with van der Waals surface area (Å²) in [7, 11) is 0. The zero-order valence-corrected chi connectivity index (χ0v) is 6.19. The summed E-state index contributed by atoms with van der Waals surface area (Å²) in [5, 5.41) is 0. The molecule has 0 saturated heterocycles. The van der Waals surface area contributed by atoms with Crippen molar-refractivity contribution in [1.82, 2.24) is 0 Å². The topological polar surface area (TPSA) is 90.0 Å². The fraction of sp³-hybridized carbons (Fsp3) is 0. The van der Waals surface area contributed by atoms with Crippen molar-refractivity contribution in [2.45, 2.75) is 0 Å². The molecule has 0 heterocycles. The second kappa shape index (κ2) is 50.8.